The molecule has 0 aromatic carbocycles. The van der Waals surface area contributed by atoms with Gasteiger partial charge in [0.05, 0.1) is 0 Å². The molecule has 0 heterocycles. The van der Waals surface area contributed by atoms with Crippen LogP contribution in [0.25, 0.3) is 0 Å². The topological polar surface area (TPSA) is 0 Å². The van der Waals surface area contributed by atoms with Gasteiger partial charge >= 0.3 is 0 Å². The first-order valence-corrected chi connectivity index (χ1v) is 9.01. The zero-order valence-corrected chi connectivity index (χ0v) is 13.2. The molecule has 2 fully saturated rings. The second-order valence-corrected chi connectivity index (χ2v) is 6.98. The summed E-state index contributed by atoms with van der Waals surface area (Å²) < 4.78 is 0. The van der Waals surface area contributed by atoms with Gasteiger partial charge < -0.3 is 0 Å². The quantitative estimate of drug-likeness (QED) is 0.505. The minimum absolute atomic E-state index is 0.903. The fourth-order valence-electron chi connectivity index (χ4n) is 4.71. The van der Waals surface area contributed by atoms with Crippen LogP contribution in [0, 0.1) is 23.7 Å². The van der Waals surface area contributed by atoms with Crippen molar-refractivity contribution >= 4 is 0 Å². The van der Waals surface area contributed by atoms with Crippen LogP contribution in [0.5, 0.6) is 0 Å². The van der Waals surface area contributed by atoms with Crippen LogP contribution >= 0.6 is 0 Å². The Bertz CT molecular complexity index is 251. The van der Waals surface area contributed by atoms with E-state index in [1.165, 1.54) is 70.6 Å². The summed E-state index contributed by atoms with van der Waals surface area (Å²) in [6.07, 6.45) is 21.1. The molecule has 0 heteroatoms. The smallest absolute Gasteiger partial charge is 0.0233 e. The average Bonchev–Trinajstić information content (AvgIpc) is 2.48. The fourth-order valence-corrected chi connectivity index (χ4v) is 4.71. The van der Waals surface area contributed by atoms with Crippen molar-refractivity contribution in [3.05, 3.63) is 12.2 Å². The van der Waals surface area contributed by atoms with Crippen LogP contribution in [-0.4, -0.2) is 0 Å². The Morgan fingerprint density at radius 1 is 0.842 bits per heavy atom. The highest BCUT2D eigenvalue weighted by Gasteiger charge is 2.31. The van der Waals surface area contributed by atoms with E-state index >= 15 is 0 Å². The largest absolute Gasteiger partial charge is 0.0885 e. The summed E-state index contributed by atoms with van der Waals surface area (Å²) in [5, 5.41) is 0. The molecule has 0 amide bonds. The normalized spacial score (nSPS) is 31.7. The van der Waals surface area contributed by atoms with Crippen LogP contribution in [0.3, 0.4) is 0 Å². The van der Waals surface area contributed by atoms with Gasteiger partial charge in [-0.15, -0.1) is 0 Å². The Balaban J connectivity index is 1.82. The van der Waals surface area contributed by atoms with Crippen molar-refractivity contribution in [3.63, 3.8) is 0 Å². The fraction of sp³-hybridized carbons (Fsp3) is 0.895. The standard InChI is InChI=1S/C19H34/c1-3-5-9-16-12-14-18(15-13-16)19(4-2)17-10-7-6-8-11-17/h5,9,16-19H,3-4,6-8,10-15H2,1-2H3/b9-5+. The van der Waals surface area contributed by atoms with E-state index in [1.54, 1.807) is 0 Å². The summed E-state index contributed by atoms with van der Waals surface area (Å²) in [5.41, 5.74) is 0. The zero-order chi connectivity index (χ0) is 13.5. The molecule has 0 aromatic heterocycles. The maximum absolute atomic E-state index is 2.50. The van der Waals surface area contributed by atoms with Crippen molar-refractivity contribution in [2.24, 2.45) is 23.7 Å². The first-order chi connectivity index (χ1) is 9.35. The molecule has 0 aliphatic heterocycles. The van der Waals surface area contributed by atoms with Gasteiger partial charge in [-0.05, 0) is 55.8 Å². The predicted molar refractivity (Wildman–Crippen MR) is 85.2 cm³/mol. The van der Waals surface area contributed by atoms with Crippen molar-refractivity contribution in [2.45, 2.75) is 84.5 Å². The Labute approximate surface area is 121 Å². The maximum atomic E-state index is 2.50. The third kappa shape index (κ3) is 4.36. The molecule has 0 aromatic rings. The van der Waals surface area contributed by atoms with Crippen LogP contribution in [0.15, 0.2) is 12.2 Å². The molecule has 0 radical (unpaired) electrons. The second-order valence-electron chi connectivity index (χ2n) is 6.98. The Morgan fingerprint density at radius 2 is 1.47 bits per heavy atom. The van der Waals surface area contributed by atoms with Gasteiger partial charge in [0.2, 0.25) is 0 Å². The molecule has 0 spiro atoms. The molecule has 2 saturated carbocycles. The van der Waals surface area contributed by atoms with Crippen molar-refractivity contribution in [1.82, 2.24) is 0 Å². The zero-order valence-electron chi connectivity index (χ0n) is 13.2. The summed E-state index contributed by atoms with van der Waals surface area (Å²) in [6, 6.07) is 0. The molecule has 0 bridgehead atoms. The molecule has 2 aliphatic carbocycles. The lowest BCUT2D eigenvalue weighted by Crippen LogP contribution is -2.28. The van der Waals surface area contributed by atoms with Gasteiger partial charge in [0.15, 0.2) is 0 Å². The Kier molecular flexibility index (Phi) is 6.47. The molecule has 1 unspecified atom stereocenters. The molecule has 2 rings (SSSR count). The monoisotopic (exact) mass is 262 g/mol. The molecular formula is C19H34. The van der Waals surface area contributed by atoms with Gasteiger partial charge in [0.25, 0.3) is 0 Å². The molecule has 2 aliphatic rings. The van der Waals surface area contributed by atoms with E-state index in [9.17, 15) is 0 Å². The predicted octanol–water partition coefficient (Wildman–Crippen LogP) is 6.37. The van der Waals surface area contributed by atoms with Gasteiger partial charge in [-0.1, -0.05) is 64.5 Å². The SMILES string of the molecule is CC/C=C/C1CCC(C(CC)C2CCCCC2)CC1. The average molecular weight is 262 g/mol. The number of rotatable bonds is 5. The molecule has 19 heavy (non-hydrogen) atoms. The lowest BCUT2D eigenvalue weighted by Gasteiger charge is -2.38. The highest BCUT2D eigenvalue weighted by Crippen LogP contribution is 2.42. The lowest BCUT2D eigenvalue weighted by atomic mass is 9.67. The minimum atomic E-state index is 0.903. The first kappa shape index (κ1) is 15.1. The van der Waals surface area contributed by atoms with Gasteiger partial charge in [-0.3, -0.25) is 0 Å². The van der Waals surface area contributed by atoms with E-state index in [0.717, 1.165) is 23.7 Å². The van der Waals surface area contributed by atoms with Crippen molar-refractivity contribution in [1.29, 1.82) is 0 Å². The van der Waals surface area contributed by atoms with Gasteiger partial charge in [-0.25, -0.2) is 0 Å². The van der Waals surface area contributed by atoms with Crippen molar-refractivity contribution in [3.8, 4) is 0 Å². The lowest BCUT2D eigenvalue weighted by molar-refractivity contribution is 0.130. The number of hydrogen-bond acceptors (Lipinski definition) is 0. The van der Waals surface area contributed by atoms with Crippen LogP contribution in [0.1, 0.15) is 84.5 Å². The van der Waals surface area contributed by atoms with E-state index in [0.29, 0.717) is 0 Å². The van der Waals surface area contributed by atoms with Gasteiger partial charge in [0, 0.05) is 0 Å². The van der Waals surface area contributed by atoms with Crippen LogP contribution < -0.4 is 0 Å². The molecule has 110 valence electrons. The third-order valence-electron chi connectivity index (χ3n) is 5.79. The molecular weight excluding hydrogens is 228 g/mol. The highest BCUT2D eigenvalue weighted by atomic mass is 14.4. The number of hydrogen-bond donors (Lipinski definition) is 0. The first-order valence-electron chi connectivity index (χ1n) is 9.01. The number of allylic oxidation sites excluding steroid dienone is 2. The summed E-state index contributed by atoms with van der Waals surface area (Å²) in [5.74, 6) is 4.09. The molecule has 0 nitrogen and oxygen atoms in total. The third-order valence-corrected chi connectivity index (χ3v) is 5.79. The summed E-state index contributed by atoms with van der Waals surface area (Å²) in [6.45, 7) is 4.70. The summed E-state index contributed by atoms with van der Waals surface area (Å²) >= 11 is 0. The van der Waals surface area contributed by atoms with Crippen LogP contribution in [-0.2, 0) is 0 Å². The van der Waals surface area contributed by atoms with E-state index in [1.807, 2.05) is 0 Å². The van der Waals surface area contributed by atoms with E-state index in [2.05, 4.69) is 26.0 Å². The van der Waals surface area contributed by atoms with Crippen molar-refractivity contribution < 1.29 is 0 Å². The Hall–Kier alpha value is -0.260. The van der Waals surface area contributed by atoms with E-state index in [4.69, 9.17) is 0 Å². The molecule has 1 atom stereocenters. The summed E-state index contributed by atoms with van der Waals surface area (Å²) in [4.78, 5) is 0. The van der Waals surface area contributed by atoms with E-state index < -0.39 is 0 Å². The van der Waals surface area contributed by atoms with Crippen molar-refractivity contribution in [2.75, 3.05) is 0 Å². The van der Waals surface area contributed by atoms with E-state index in [-0.39, 0.29) is 0 Å². The van der Waals surface area contributed by atoms with Gasteiger partial charge in [-0.2, -0.15) is 0 Å². The molecule has 0 saturated heterocycles. The van der Waals surface area contributed by atoms with Crippen LogP contribution in [0.4, 0.5) is 0 Å². The maximum Gasteiger partial charge on any atom is -0.0233 e. The minimum Gasteiger partial charge on any atom is -0.0885 e. The van der Waals surface area contributed by atoms with Gasteiger partial charge in [0.1, 0.15) is 0 Å². The molecule has 0 N–H and O–H groups in total. The summed E-state index contributed by atoms with van der Waals surface area (Å²) in [7, 11) is 0. The van der Waals surface area contributed by atoms with Crippen LogP contribution in [0.2, 0.25) is 0 Å². The Morgan fingerprint density at radius 3 is 2.05 bits per heavy atom. The second kappa shape index (κ2) is 8.12. The highest BCUT2D eigenvalue weighted by molar-refractivity contribution is 4.92.